The largest absolute Gasteiger partial charge is 0.465 e. The van der Waals surface area contributed by atoms with Gasteiger partial charge in [-0.3, -0.25) is 4.79 Å². The first-order valence-electron chi connectivity index (χ1n) is 8.81. The maximum atomic E-state index is 13.1. The average Bonchev–Trinajstić information content (AvgIpc) is 3.18. The Morgan fingerprint density at radius 2 is 1.79 bits per heavy atom. The zero-order chi connectivity index (χ0) is 20.6. The van der Waals surface area contributed by atoms with Crippen LogP contribution >= 0.6 is 11.3 Å². The summed E-state index contributed by atoms with van der Waals surface area (Å²) in [4.78, 5) is 25.1. The topological polar surface area (TPSA) is 89.5 Å². The second kappa shape index (κ2) is 7.46. The summed E-state index contributed by atoms with van der Waals surface area (Å²) in [6.45, 7) is 0. The fourth-order valence-electron chi connectivity index (χ4n) is 3.37. The molecule has 1 aromatic heterocycles. The van der Waals surface area contributed by atoms with Gasteiger partial charge in [-0.15, -0.1) is 11.3 Å². The number of methoxy groups -OCH3 is 1. The van der Waals surface area contributed by atoms with E-state index in [1.54, 1.807) is 47.8 Å². The molecule has 0 saturated carbocycles. The van der Waals surface area contributed by atoms with Crippen LogP contribution in [0.3, 0.4) is 0 Å². The fraction of sp³-hybridized carbons (Fsp3) is 0.143. The van der Waals surface area contributed by atoms with Gasteiger partial charge in [-0.05, 0) is 29.8 Å². The SMILES string of the molecule is COC(=O)c1ccc([C@@H]2CC(=O)Nc3c(S(=O)(=O)c4ccccc4)csc32)cc1. The third kappa shape index (κ3) is 3.45. The van der Waals surface area contributed by atoms with E-state index in [1.165, 1.54) is 30.6 Å². The monoisotopic (exact) mass is 427 g/mol. The molecule has 6 nitrogen and oxygen atoms in total. The maximum Gasteiger partial charge on any atom is 0.337 e. The van der Waals surface area contributed by atoms with E-state index in [-0.39, 0.29) is 28.0 Å². The number of carbonyl (C=O) groups is 2. The van der Waals surface area contributed by atoms with Gasteiger partial charge in [0.2, 0.25) is 15.7 Å². The molecule has 2 aromatic carbocycles. The first kappa shape index (κ1) is 19.4. The van der Waals surface area contributed by atoms with Crippen LogP contribution in [0.15, 0.2) is 69.8 Å². The van der Waals surface area contributed by atoms with Crippen molar-refractivity contribution in [3.63, 3.8) is 0 Å². The molecule has 0 saturated heterocycles. The summed E-state index contributed by atoms with van der Waals surface area (Å²) < 4.78 is 30.9. The molecule has 1 N–H and O–H groups in total. The van der Waals surface area contributed by atoms with Crippen molar-refractivity contribution in [1.82, 2.24) is 0 Å². The van der Waals surface area contributed by atoms with Crippen LogP contribution in [0.2, 0.25) is 0 Å². The number of nitrogens with one attached hydrogen (secondary N) is 1. The second-order valence-corrected chi connectivity index (χ2v) is 9.40. The lowest BCUT2D eigenvalue weighted by atomic mass is 9.90. The van der Waals surface area contributed by atoms with E-state index in [4.69, 9.17) is 4.74 Å². The van der Waals surface area contributed by atoms with Gasteiger partial charge in [0.1, 0.15) is 4.90 Å². The summed E-state index contributed by atoms with van der Waals surface area (Å²) in [5.41, 5.74) is 1.59. The van der Waals surface area contributed by atoms with Crippen LogP contribution in [0, 0.1) is 0 Å². The molecule has 1 aliphatic heterocycles. The van der Waals surface area contributed by atoms with E-state index >= 15 is 0 Å². The predicted octanol–water partition coefficient (Wildman–Crippen LogP) is 3.84. The third-order valence-corrected chi connectivity index (χ3v) is 7.87. The van der Waals surface area contributed by atoms with E-state index in [0.29, 0.717) is 11.3 Å². The Bertz CT molecular complexity index is 1180. The minimum Gasteiger partial charge on any atom is -0.465 e. The standard InChI is InChI=1S/C21H17NO5S2/c1-27-21(24)14-9-7-13(8-10-14)16-11-18(23)22-19-17(12-28-20(16)19)29(25,26)15-5-3-2-4-6-15/h2-10,12,16H,11H2,1H3,(H,22,23)/t16-/m0/s1. The lowest BCUT2D eigenvalue weighted by molar-refractivity contribution is -0.116. The molecule has 0 fully saturated rings. The van der Waals surface area contributed by atoms with Crippen LogP contribution < -0.4 is 5.32 Å². The molecule has 0 aliphatic carbocycles. The number of rotatable bonds is 4. The average molecular weight is 428 g/mol. The number of sulfone groups is 1. The summed E-state index contributed by atoms with van der Waals surface area (Å²) in [7, 11) is -2.44. The van der Waals surface area contributed by atoms with E-state index in [9.17, 15) is 18.0 Å². The highest BCUT2D eigenvalue weighted by Crippen LogP contribution is 2.45. The van der Waals surface area contributed by atoms with E-state index in [0.717, 1.165) is 10.4 Å². The van der Waals surface area contributed by atoms with Crippen LogP contribution in [0.25, 0.3) is 0 Å². The smallest absolute Gasteiger partial charge is 0.337 e. The van der Waals surface area contributed by atoms with E-state index < -0.39 is 15.8 Å². The number of fused-ring (bicyclic) bond motifs is 1. The number of esters is 1. The molecule has 0 unspecified atom stereocenters. The van der Waals surface area contributed by atoms with Crippen molar-refractivity contribution in [2.75, 3.05) is 12.4 Å². The number of ether oxygens (including phenoxy) is 1. The van der Waals surface area contributed by atoms with Crippen molar-refractivity contribution >= 4 is 38.7 Å². The van der Waals surface area contributed by atoms with Crippen molar-refractivity contribution in [3.8, 4) is 0 Å². The molecule has 0 bridgehead atoms. The van der Waals surface area contributed by atoms with Gasteiger partial charge in [0, 0.05) is 22.6 Å². The summed E-state index contributed by atoms with van der Waals surface area (Å²) in [5.74, 6) is -0.969. The third-order valence-electron chi connectivity index (χ3n) is 4.83. The molecule has 4 rings (SSSR count). The van der Waals surface area contributed by atoms with Crippen LogP contribution in [0.5, 0.6) is 0 Å². The number of anilines is 1. The summed E-state index contributed by atoms with van der Waals surface area (Å²) in [6.07, 6.45) is 0.204. The number of thiophene rings is 1. The number of carbonyl (C=O) groups excluding carboxylic acids is 2. The van der Waals surface area contributed by atoms with E-state index in [2.05, 4.69) is 5.32 Å². The molecule has 8 heteroatoms. The summed E-state index contributed by atoms with van der Waals surface area (Å²) >= 11 is 1.31. The molecule has 2 heterocycles. The molecule has 1 aliphatic rings. The highest BCUT2D eigenvalue weighted by Gasteiger charge is 2.34. The number of amides is 1. The molecule has 0 radical (unpaired) electrons. The predicted molar refractivity (Wildman–Crippen MR) is 109 cm³/mol. The first-order chi connectivity index (χ1) is 13.9. The molecule has 1 amide bonds. The van der Waals surface area contributed by atoms with Gasteiger partial charge in [-0.25, -0.2) is 13.2 Å². The lowest BCUT2D eigenvalue weighted by Crippen LogP contribution is -2.23. The highest BCUT2D eigenvalue weighted by atomic mass is 32.2. The van der Waals surface area contributed by atoms with Crippen molar-refractivity contribution < 1.29 is 22.7 Å². The van der Waals surface area contributed by atoms with Gasteiger partial charge in [0.15, 0.2) is 0 Å². The Morgan fingerprint density at radius 1 is 1.10 bits per heavy atom. The Labute approximate surface area is 172 Å². The molecule has 1 atom stereocenters. The molecular formula is C21H17NO5S2. The summed E-state index contributed by atoms with van der Waals surface area (Å²) in [5, 5.41) is 4.32. The molecule has 29 heavy (non-hydrogen) atoms. The maximum absolute atomic E-state index is 13.1. The Kier molecular flexibility index (Phi) is 4.97. The molecule has 3 aromatic rings. The minimum atomic E-state index is -3.75. The Balaban J connectivity index is 1.76. The zero-order valence-corrected chi connectivity index (χ0v) is 17.0. The number of benzene rings is 2. The van der Waals surface area contributed by atoms with Gasteiger partial charge >= 0.3 is 5.97 Å². The Morgan fingerprint density at radius 3 is 2.45 bits per heavy atom. The Hall–Kier alpha value is -2.97. The lowest BCUT2D eigenvalue weighted by Gasteiger charge is -2.24. The molecule has 0 spiro atoms. The second-order valence-electron chi connectivity index (χ2n) is 6.57. The first-order valence-corrected chi connectivity index (χ1v) is 11.2. The van der Waals surface area contributed by atoms with Gasteiger partial charge in [0.05, 0.1) is 23.3 Å². The minimum absolute atomic E-state index is 0.105. The van der Waals surface area contributed by atoms with Crippen LogP contribution in [0.4, 0.5) is 5.69 Å². The van der Waals surface area contributed by atoms with Gasteiger partial charge in [0.25, 0.3) is 0 Å². The van der Waals surface area contributed by atoms with Crippen LogP contribution in [0.1, 0.15) is 33.1 Å². The van der Waals surface area contributed by atoms with Gasteiger partial charge in [-0.1, -0.05) is 30.3 Å². The fourth-order valence-corrected chi connectivity index (χ4v) is 6.30. The summed E-state index contributed by atoms with van der Waals surface area (Å²) in [6, 6.07) is 15.0. The number of hydrogen-bond acceptors (Lipinski definition) is 6. The van der Waals surface area contributed by atoms with Crippen LogP contribution in [-0.2, 0) is 19.4 Å². The molecule has 148 valence electrons. The highest BCUT2D eigenvalue weighted by molar-refractivity contribution is 7.91. The van der Waals surface area contributed by atoms with Crippen molar-refractivity contribution in [1.29, 1.82) is 0 Å². The van der Waals surface area contributed by atoms with E-state index in [1.807, 2.05) is 0 Å². The van der Waals surface area contributed by atoms with Gasteiger partial charge < -0.3 is 10.1 Å². The van der Waals surface area contributed by atoms with Crippen molar-refractivity contribution in [3.05, 3.63) is 76.0 Å². The van der Waals surface area contributed by atoms with Crippen molar-refractivity contribution in [2.45, 2.75) is 22.1 Å². The quantitative estimate of drug-likeness (QED) is 0.639. The zero-order valence-electron chi connectivity index (χ0n) is 15.4. The number of hydrogen-bond donors (Lipinski definition) is 1. The van der Waals surface area contributed by atoms with Crippen molar-refractivity contribution in [2.24, 2.45) is 0 Å². The van der Waals surface area contributed by atoms with Gasteiger partial charge in [-0.2, -0.15) is 0 Å². The normalized spacial score (nSPS) is 16.0. The van der Waals surface area contributed by atoms with Crippen LogP contribution in [-0.4, -0.2) is 27.4 Å². The molecular weight excluding hydrogens is 410 g/mol.